The Morgan fingerprint density at radius 2 is 2.00 bits per heavy atom. The largest absolute Gasteiger partial charge is 0.504 e. The van der Waals surface area contributed by atoms with Crippen molar-refractivity contribution < 1.29 is 19.1 Å². The number of aromatic hydroxyl groups is 1. The van der Waals surface area contributed by atoms with Crippen LogP contribution in [0, 0.1) is 20.8 Å². The molecule has 0 saturated carbocycles. The number of hydrogen-bond donors (Lipinski definition) is 2. The third kappa shape index (κ3) is 3.87. The number of benzene rings is 1. The molecular weight excluding hydrogens is 374 g/mol. The van der Waals surface area contributed by atoms with E-state index in [-0.39, 0.29) is 23.4 Å². The van der Waals surface area contributed by atoms with Crippen molar-refractivity contribution in [1.29, 1.82) is 0 Å². The number of hydrogen-bond acceptors (Lipinski definition) is 6. The predicted octanol–water partition coefficient (Wildman–Crippen LogP) is 2.61. The SMILES string of the molecule is COc1cc(-c2nc(CNC(=O)c3c(C)cc(C)n(C)c3=O)c(C)o2)ccc1O. The first kappa shape index (κ1) is 20.2. The van der Waals surface area contributed by atoms with Gasteiger partial charge in [-0.1, -0.05) is 0 Å². The average molecular weight is 397 g/mol. The molecule has 152 valence electrons. The molecule has 2 heterocycles. The molecule has 0 unspecified atom stereocenters. The fraction of sp³-hybridized carbons (Fsp3) is 0.286. The Kier molecular flexibility index (Phi) is 5.45. The molecule has 0 aliphatic carbocycles. The highest BCUT2D eigenvalue weighted by molar-refractivity contribution is 5.95. The van der Waals surface area contributed by atoms with Crippen LogP contribution in [0.3, 0.4) is 0 Å². The summed E-state index contributed by atoms with van der Waals surface area (Å²) in [5, 5.41) is 12.5. The van der Waals surface area contributed by atoms with Crippen LogP contribution in [0.4, 0.5) is 0 Å². The van der Waals surface area contributed by atoms with Crippen LogP contribution in [0.5, 0.6) is 11.5 Å². The number of aryl methyl sites for hydroxylation is 3. The lowest BCUT2D eigenvalue weighted by molar-refractivity contribution is 0.0947. The average Bonchev–Trinajstić information content (AvgIpc) is 3.05. The molecule has 2 aromatic heterocycles. The molecule has 0 saturated heterocycles. The molecule has 29 heavy (non-hydrogen) atoms. The van der Waals surface area contributed by atoms with Crippen LogP contribution in [-0.2, 0) is 13.6 Å². The summed E-state index contributed by atoms with van der Waals surface area (Å²) in [4.78, 5) is 29.5. The zero-order valence-electron chi connectivity index (χ0n) is 17.0. The van der Waals surface area contributed by atoms with Crippen LogP contribution < -0.4 is 15.6 Å². The van der Waals surface area contributed by atoms with Gasteiger partial charge in [0.1, 0.15) is 17.0 Å². The summed E-state index contributed by atoms with van der Waals surface area (Å²) >= 11 is 0. The highest BCUT2D eigenvalue weighted by Gasteiger charge is 2.18. The number of phenols is 1. The van der Waals surface area contributed by atoms with Gasteiger partial charge in [0.25, 0.3) is 11.5 Å². The van der Waals surface area contributed by atoms with Gasteiger partial charge in [0.05, 0.1) is 13.7 Å². The summed E-state index contributed by atoms with van der Waals surface area (Å²) < 4.78 is 12.2. The molecule has 3 rings (SSSR count). The molecule has 2 N–H and O–H groups in total. The maximum absolute atomic E-state index is 12.6. The Bertz CT molecular complexity index is 1140. The van der Waals surface area contributed by atoms with Crippen molar-refractivity contribution in [2.75, 3.05) is 7.11 Å². The van der Waals surface area contributed by atoms with Gasteiger partial charge in [-0.05, 0) is 50.6 Å². The molecule has 3 aromatic rings. The van der Waals surface area contributed by atoms with Crippen LogP contribution in [0.1, 0.15) is 33.1 Å². The smallest absolute Gasteiger partial charge is 0.263 e. The lowest BCUT2D eigenvalue weighted by atomic mass is 10.1. The van der Waals surface area contributed by atoms with E-state index in [1.54, 1.807) is 39.1 Å². The van der Waals surface area contributed by atoms with E-state index < -0.39 is 5.91 Å². The normalized spacial score (nSPS) is 10.8. The second-order valence-electron chi connectivity index (χ2n) is 6.80. The zero-order chi connectivity index (χ0) is 21.3. The summed E-state index contributed by atoms with van der Waals surface area (Å²) in [7, 11) is 3.09. The third-order valence-corrected chi connectivity index (χ3v) is 4.83. The molecule has 1 amide bonds. The fourth-order valence-electron chi connectivity index (χ4n) is 3.03. The number of carbonyl (C=O) groups is 1. The first-order valence-electron chi connectivity index (χ1n) is 9.02. The van der Waals surface area contributed by atoms with E-state index >= 15 is 0 Å². The summed E-state index contributed by atoms with van der Waals surface area (Å²) in [5.41, 5.74) is 2.35. The molecule has 1 aromatic carbocycles. The van der Waals surface area contributed by atoms with E-state index in [9.17, 15) is 14.7 Å². The van der Waals surface area contributed by atoms with E-state index in [0.717, 1.165) is 5.69 Å². The van der Waals surface area contributed by atoms with Gasteiger partial charge in [0, 0.05) is 18.3 Å². The topological polar surface area (TPSA) is 107 Å². The Morgan fingerprint density at radius 1 is 1.28 bits per heavy atom. The Labute approximate surface area is 167 Å². The molecule has 8 heteroatoms. The number of ether oxygens (including phenoxy) is 1. The van der Waals surface area contributed by atoms with Crippen LogP contribution in [0.2, 0.25) is 0 Å². The number of pyridine rings is 1. The maximum Gasteiger partial charge on any atom is 0.263 e. The maximum atomic E-state index is 12.6. The standard InChI is InChI=1S/C21H23N3O5/c1-11-8-12(2)24(4)21(27)18(11)19(26)22-10-15-13(3)29-20(23-15)14-6-7-16(25)17(9-14)28-5/h6-9,25H,10H2,1-5H3,(H,22,26). The number of nitrogens with zero attached hydrogens (tertiary/aromatic N) is 2. The predicted molar refractivity (Wildman–Crippen MR) is 107 cm³/mol. The number of oxazole rings is 1. The van der Waals surface area contributed by atoms with Gasteiger partial charge < -0.3 is 24.1 Å². The Balaban J connectivity index is 1.82. The molecule has 0 atom stereocenters. The fourth-order valence-corrected chi connectivity index (χ4v) is 3.03. The van der Waals surface area contributed by atoms with E-state index in [2.05, 4.69) is 10.3 Å². The van der Waals surface area contributed by atoms with Crippen LogP contribution in [0.15, 0.2) is 33.5 Å². The monoisotopic (exact) mass is 397 g/mol. The van der Waals surface area contributed by atoms with Crippen molar-refractivity contribution in [2.45, 2.75) is 27.3 Å². The zero-order valence-corrected chi connectivity index (χ0v) is 17.0. The first-order chi connectivity index (χ1) is 13.7. The van der Waals surface area contributed by atoms with Crippen molar-refractivity contribution in [2.24, 2.45) is 7.05 Å². The minimum absolute atomic E-state index is 0.0158. The number of nitrogens with one attached hydrogen (secondary N) is 1. The van der Waals surface area contributed by atoms with Gasteiger partial charge >= 0.3 is 0 Å². The van der Waals surface area contributed by atoms with Gasteiger partial charge in [-0.2, -0.15) is 0 Å². The van der Waals surface area contributed by atoms with Gasteiger partial charge in [0.15, 0.2) is 11.5 Å². The van der Waals surface area contributed by atoms with E-state index in [1.165, 1.54) is 17.7 Å². The molecule has 0 aliphatic rings. The number of carbonyl (C=O) groups excluding carboxylic acids is 1. The first-order valence-corrected chi connectivity index (χ1v) is 9.02. The number of phenolic OH excluding ortho intramolecular Hbond substituents is 1. The van der Waals surface area contributed by atoms with Crippen molar-refractivity contribution >= 4 is 5.91 Å². The Hall–Kier alpha value is -3.55. The Morgan fingerprint density at radius 3 is 2.69 bits per heavy atom. The van der Waals surface area contributed by atoms with Crippen molar-refractivity contribution in [1.82, 2.24) is 14.9 Å². The lowest BCUT2D eigenvalue weighted by Gasteiger charge is -2.10. The summed E-state index contributed by atoms with van der Waals surface area (Å²) in [6.45, 7) is 5.40. The highest BCUT2D eigenvalue weighted by atomic mass is 16.5. The van der Waals surface area contributed by atoms with E-state index in [0.29, 0.717) is 34.2 Å². The minimum Gasteiger partial charge on any atom is -0.504 e. The van der Waals surface area contributed by atoms with E-state index in [1.807, 2.05) is 6.92 Å². The second kappa shape index (κ2) is 7.83. The number of methoxy groups -OCH3 is 1. The quantitative estimate of drug-likeness (QED) is 0.685. The summed E-state index contributed by atoms with van der Waals surface area (Å²) in [6.07, 6.45) is 0. The van der Waals surface area contributed by atoms with Crippen molar-refractivity contribution in [3.05, 3.63) is 62.9 Å². The number of rotatable bonds is 5. The number of aromatic nitrogens is 2. The van der Waals surface area contributed by atoms with Gasteiger partial charge in [-0.3, -0.25) is 9.59 Å². The lowest BCUT2D eigenvalue weighted by Crippen LogP contribution is -2.34. The minimum atomic E-state index is -0.460. The molecule has 0 bridgehead atoms. The van der Waals surface area contributed by atoms with Gasteiger partial charge in [-0.25, -0.2) is 4.98 Å². The second-order valence-corrected chi connectivity index (χ2v) is 6.80. The highest BCUT2D eigenvalue weighted by Crippen LogP contribution is 2.31. The van der Waals surface area contributed by atoms with Crippen LogP contribution >= 0.6 is 0 Å². The van der Waals surface area contributed by atoms with Crippen molar-refractivity contribution in [3.8, 4) is 23.0 Å². The number of amides is 1. The molecule has 8 nitrogen and oxygen atoms in total. The van der Waals surface area contributed by atoms with Crippen LogP contribution in [0.25, 0.3) is 11.5 Å². The molecule has 0 radical (unpaired) electrons. The molecule has 0 aliphatic heterocycles. The van der Waals surface area contributed by atoms with Crippen molar-refractivity contribution in [3.63, 3.8) is 0 Å². The van der Waals surface area contributed by atoms with E-state index in [4.69, 9.17) is 9.15 Å². The summed E-state index contributed by atoms with van der Waals surface area (Å²) in [6, 6.07) is 6.56. The molecule has 0 fully saturated rings. The van der Waals surface area contributed by atoms with Gasteiger partial charge in [-0.15, -0.1) is 0 Å². The third-order valence-electron chi connectivity index (χ3n) is 4.83. The van der Waals surface area contributed by atoms with Gasteiger partial charge in [0.2, 0.25) is 5.89 Å². The van der Waals surface area contributed by atoms with Crippen LogP contribution in [-0.4, -0.2) is 27.7 Å². The summed E-state index contributed by atoms with van der Waals surface area (Å²) in [5.74, 6) is 0.743. The molecule has 0 spiro atoms. The molecular formula is C21H23N3O5.